The number of furan rings is 1. The summed E-state index contributed by atoms with van der Waals surface area (Å²) < 4.78 is 18.8. The van der Waals surface area contributed by atoms with Crippen LogP contribution in [0.2, 0.25) is 0 Å². The molecule has 0 spiro atoms. The highest BCUT2D eigenvalue weighted by molar-refractivity contribution is 8.26. The van der Waals surface area contributed by atoms with Crippen molar-refractivity contribution in [2.24, 2.45) is 5.10 Å². The molecule has 1 aromatic carbocycles. The molecule has 0 aliphatic carbocycles. The zero-order valence-electron chi connectivity index (χ0n) is 12.3. The predicted octanol–water partition coefficient (Wildman–Crippen LogP) is 3.56. The van der Waals surface area contributed by atoms with E-state index >= 15 is 0 Å². The molecule has 1 fully saturated rings. The summed E-state index contributed by atoms with van der Waals surface area (Å²) in [5.41, 5.74) is 0.258. The summed E-state index contributed by atoms with van der Waals surface area (Å²) in [6, 6.07) is 8.53. The number of rotatable bonds is 4. The molecule has 7 nitrogen and oxygen atoms in total. The fourth-order valence-corrected chi connectivity index (χ4v) is 3.08. The van der Waals surface area contributed by atoms with Gasteiger partial charge in [-0.3, -0.25) is 14.9 Å². The van der Waals surface area contributed by atoms with Crippen LogP contribution in [0.4, 0.5) is 10.3 Å². The Morgan fingerprint density at radius 2 is 2.08 bits per heavy atom. The molecular weight excluding hydrogens is 369 g/mol. The first-order chi connectivity index (χ1) is 12.0. The highest BCUT2D eigenvalue weighted by Gasteiger charge is 2.32. The number of hydrazone groups is 1. The normalized spacial score (nSPS) is 16.4. The molecule has 2 heterocycles. The molecule has 10 heteroatoms. The summed E-state index contributed by atoms with van der Waals surface area (Å²) >= 11 is 6.07. The van der Waals surface area contributed by atoms with E-state index in [4.69, 9.17) is 16.6 Å². The zero-order chi connectivity index (χ0) is 18.0. The first-order valence-corrected chi connectivity index (χ1v) is 7.99. The third-order valence-electron chi connectivity index (χ3n) is 3.06. The summed E-state index contributed by atoms with van der Waals surface area (Å²) in [5, 5.41) is 15.4. The van der Waals surface area contributed by atoms with E-state index in [2.05, 4.69) is 5.10 Å². The van der Waals surface area contributed by atoms with Crippen LogP contribution >= 0.6 is 24.0 Å². The number of carbonyl (C=O) groups excluding carboxylic acids is 1. The summed E-state index contributed by atoms with van der Waals surface area (Å²) in [4.78, 5) is 22.4. The number of halogens is 1. The highest BCUT2D eigenvalue weighted by Crippen LogP contribution is 2.33. The van der Waals surface area contributed by atoms with Gasteiger partial charge in [0.05, 0.1) is 17.2 Å². The third-order valence-corrected chi connectivity index (χ3v) is 4.34. The Morgan fingerprint density at radius 1 is 1.32 bits per heavy atom. The van der Waals surface area contributed by atoms with Crippen molar-refractivity contribution in [1.29, 1.82) is 0 Å². The van der Waals surface area contributed by atoms with Crippen LogP contribution in [0.25, 0.3) is 6.08 Å². The van der Waals surface area contributed by atoms with Crippen LogP contribution in [0.15, 0.2) is 50.8 Å². The summed E-state index contributed by atoms with van der Waals surface area (Å²) in [7, 11) is 0. The minimum atomic E-state index is -0.686. The second kappa shape index (κ2) is 6.95. The Labute approximate surface area is 149 Å². The van der Waals surface area contributed by atoms with Gasteiger partial charge in [-0.2, -0.15) is 10.1 Å². The smallest absolute Gasteiger partial charge is 0.400 e. The van der Waals surface area contributed by atoms with Gasteiger partial charge in [0.25, 0.3) is 5.91 Å². The first kappa shape index (κ1) is 17.0. The maximum atomic E-state index is 13.7. The van der Waals surface area contributed by atoms with Gasteiger partial charge in [-0.25, -0.2) is 4.39 Å². The van der Waals surface area contributed by atoms with E-state index in [1.54, 1.807) is 12.1 Å². The Morgan fingerprint density at radius 3 is 2.76 bits per heavy atom. The average Bonchev–Trinajstić information content (AvgIpc) is 3.14. The Kier molecular flexibility index (Phi) is 4.72. The number of carbonyl (C=O) groups is 1. The molecule has 0 atom stereocenters. The van der Waals surface area contributed by atoms with Crippen LogP contribution in [0.1, 0.15) is 11.3 Å². The van der Waals surface area contributed by atoms with Crippen molar-refractivity contribution in [1.82, 2.24) is 5.01 Å². The van der Waals surface area contributed by atoms with Crippen LogP contribution in [0.3, 0.4) is 0 Å². The molecule has 25 heavy (non-hydrogen) atoms. The topological polar surface area (TPSA) is 89.0 Å². The predicted molar refractivity (Wildman–Crippen MR) is 94.4 cm³/mol. The summed E-state index contributed by atoms with van der Waals surface area (Å²) in [5.74, 6) is -1.32. The van der Waals surface area contributed by atoms with E-state index in [-0.39, 0.29) is 20.5 Å². The van der Waals surface area contributed by atoms with Crippen molar-refractivity contribution in [2.75, 3.05) is 0 Å². The molecular formula is C15H8FN3O4S2. The van der Waals surface area contributed by atoms with Crippen molar-refractivity contribution in [3.05, 3.63) is 68.6 Å². The monoisotopic (exact) mass is 377 g/mol. The standard InChI is InChI=1S/C15H8FN3O4S2/c16-11-4-2-1-3-9(11)7-12-14(20)18(15(24)25-12)17-8-10-5-6-13(23-10)19(21)22/h1-8H/b12-7+,17-8+. The molecule has 1 saturated heterocycles. The highest BCUT2D eigenvalue weighted by atomic mass is 32.2. The van der Waals surface area contributed by atoms with E-state index < -0.39 is 22.5 Å². The number of hydrogen-bond acceptors (Lipinski definition) is 7. The van der Waals surface area contributed by atoms with Gasteiger partial charge in [0.15, 0.2) is 10.1 Å². The van der Waals surface area contributed by atoms with Gasteiger partial charge in [0.1, 0.15) is 10.7 Å². The Hall–Kier alpha value is -2.85. The minimum Gasteiger partial charge on any atom is -0.400 e. The van der Waals surface area contributed by atoms with Gasteiger partial charge < -0.3 is 4.42 Å². The van der Waals surface area contributed by atoms with Crippen LogP contribution < -0.4 is 0 Å². The van der Waals surface area contributed by atoms with Gasteiger partial charge in [0.2, 0.25) is 0 Å². The second-order valence-electron chi connectivity index (χ2n) is 4.69. The molecule has 0 unspecified atom stereocenters. The van der Waals surface area contributed by atoms with Gasteiger partial charge >= 0.3 is 5.88 Å². The molecule has 1 aliphatic rings. The van der Waals surface area contributed by atoms with E-state index in [1.165, 1.54) is 30.3 Å². The molecule has 0 bridgehead atoms. The van der Waals surface area contributed by atoms with Crippen LogP contribution in [0.5, 0.6) is 0 Å². The molecule has 126 valence electrons. The lowest BCUT2D eigenvalue weighted by Gasteiger charge is -2.05. The van der Waals surface area contributed by atoms with E-state index in [0.717, 1.165) is 23.0 Å². The molecule has 0 saturated carbocycles. The number of thioether (sulfide) groups is 1. The van der Waals surface area contributed by atoms with Crippen molar-refractivity contribution >= 4 is 52.4 Å². The largest absolute Gasteiger partial charge is 0.433 e. The van der Waals surface area contributed by atoms with E-state index in [0.29, 0.717) is 0 Å². The third kappa shape index (κ3) is 3.64. The van der Waals surface area contributed by atoms with Gasteiger partial charge in [-0.1, -0.05) is 30.0 Å². The molecule has 0 N–H and O–H groups in total. The number of hydrogen-bond donors (Lipinski definition) is 0. The SMILES string of the molecule is O=C1/C(=C\c2ccccc2F)SC(=S)N1/N=C/c1ccc([N+](=O)[O-])o1. The number of nitro groups is 1. The fraction of sp³-hybridized carbons (Fsp3) is 0. The lowest BCUT2D eigenvalue weighted by atomic mass is 10.2. The Balaban J connectivity index is 1.80. The number of amides is 1. The van der Waals surface area contributed by atoms with Gasteiger partial charge in [-0.15, -0.1) is 0 Å². The Bertz CT molecular complexity index is 938. The van der Waals surface area contributed by atoms with Crippen molar-refractivity contribution in [3.63, 3.8) is 0 Å². The molecule has 1 aliphatic heterocycles. The molecule has 1 amide bonds. The number of nitrogens with zero attached hydrogens (tertiary/aromatic N) is 3. The maximum absolute atomic E-state index is 13.7. The minimum absolute atomic E-state index is 0.0961. The maximum Gasteiger partial charge on any atom is 0.433 e. The van der Waals surface area contributed by atoms with Crippen LogP contribution in [-0.2, 0) is 4.79 Å². The lowest BCUT2D eigenvalue weighted by Crippen LogP contribution is -2.22. The molecule has 0 radical (unpaired) electrons. The fourth-order valence-electron chi connectivity index (χ4n) is 1.92. The molecule has 3 rings (SSSR count). The quantitative estimate of drug-likeness (QED) is 0.266. The molecule has 2 aromatic rings. The van der Waals surface area contributed by atoms with Crippen molar-refractivity contribution < 1.29 is 18.5 Å². The summed E-state index contributed by atoms with van der Waals surface area (Å²) in [6.45, 7) is 0. The van der Waals surface area contributed by atoms with Crippen LogP contribution in [0, 0.1) is 15.9 Å². The molecule has 1 aromatic heterocycles. The number of thiocarbonyl (C=S) groups is 1. The first-order valence-electron chi connectivity index (χ1n) is 6.76. The second-order valence-corrected chi connectivity index (χ2v) is 6.37. The van der Waals surface area contributed by atoms with Crippen molar-refractivity contribution in [3.8, 4) is 0 Å². The summed E-state index contributed by atoms with van der Waals surface area (Å²) in [6.07, 6.45) is 2.53. The average molecular weight is 377 g/mol. The zero-order valence-corrected chi connectivity index (χ0v) is 13.9. The number of benzene rings is 1. The van der Waals surface area contributed by atoms with E-state index in [9.17, 15) is 19.3 Å². The van der Waals surface area contributed by atoms with Gasteiger partial charge in [-0.05, 0) is 30.4 Å². The van der Waals surface area contributed by atoms with Crippen molar-refractivity contribution in [2.45, 2.75) is 0 Å². The van der Waals surface area contributed by atoms with Gasteiger partial charge in [0, 0.05) is 5.56 Å². The van der Waals surface area contributed by atoms with E-state index in [1.807, 2.05) is 0 Å². The van der Waals surface area contributed by atoms with Crippen LogP contribution in [-0.4, -0.2) is 26.4 Å². The lowest BCUT2D eigenvalue weighted by molar-refractivity contribution is -0.402.